The number of aliphatic carboxylic acids is 1. The molecule has 1 aliphatic rings. The van der Waals surface area contributed by atoms with E-state index < -0.39 is 11.9 Å². The molecule has 1 fully saturated rings. The third-order valence-corrected chi connectivity index (χ3v) is 4.35. The first kappa shape index (κ1) is 17.6. The molecule has 2 N–H and O–H groups in total. The van der Waals surface area contributed by atoms with Gasteiger partial charge in [-0.2, -0.15) is 0 Å². The second-order valence-corrected chi connectivity index (χ2v) is 6.11. The van der Waals surface area contributed by atoms with Crippen molar-refractivity contribution in [1.82, 2.24) is 10.2 Å². The van der Waals surface area contributed by atoms with Crippen LogP contribution in [0.5, 0.6) is 0 Å². The number of carbonyl (C=O) groups excluding carboxylic acids is 1. The Morgan fingerprint density at radius 2 is 1.96 bits per heavy atom. The van der Waals surface area contributed by atoms with Crippen molar-refractivity contribution in [1.29, 1.82) is 0 Å². The molecule has 0 spiro atoms. The number of carboxylic acid groups (broad SMARTS) is 1. The summed E-state index contributed by atoms with van der Waals surface area (Å²) in [5, 5.41) is 12.5. The Labute approximate surface area is 137 Å². The van der Waals surface area contributed by atoms with Crippen LogP contribution in [-0.4, -0.2) is 54.5 Å². The molecule has 0 amide bonds. The van der Waals surface area contributed by atoms with Crippen molar-refractivity contribution in [2.75, 3.05) is 32.7 Å². The van der Waals surface area contributed by atoms with E-state index in [1.807, 2.05) is 24.3 Å². The molecule has 5 heteroatoms. The molecule has 1 aromatic rings. The van der Waals surface area contributed by atoms with Crippen molar-refractivity contribution in [2.45, 2.75) is 26.2 Å². The summed E-state index contributed by atoms with van der Waals surface area (Å²) in [6.07, 6.45) is 1.84. The van der Waals surface area contributed by atoms with Gasteiger partial charge in [-0.25, -0.2) is 0 Å². The highest BCUT2D eigenvalue weighted by Crippen LogP contribution is 2.16. The summed E-state index contributed by atoms with van der Waals surface area (Å²) in [4.78, 5) is 26.1. The van der Waals surface area contributed by atoms with E-state index in [9.17, 15) is 9.59 Å². The maximum atomic E-state index is 12.7. The average molecular weight is 318 g/mol. The predicted molar refractivity (Wildman–Crippen MR) is 89.8 cm³/mol. The van der Waals surface area contributed by atoms with Gasteiger partial charge in [0.15, 0.2) is 5.78 Å². The summed E-state index contributed by atoms with van der Waals surface area (Å²) in [6, 6.07) is 7.53. The van der Waals surface area contributed by atoms with Crippen molar-refractivity contribution < 1.29 is 14.7 Å². The summed E-state index contributed by atoms with van der Waals surface area (Å²) in [5.41, 5.74) is 1.79. The first-order valence-electron chi connectivity index (χ1n) is 8.38. The van der Waals surface area contributed by atoms with Crippen LogP contribution in [-0.2, 0) is 11.2 Å². The van der Waals surface area contributed by atoms with Gasteiger partial charge in [-0.15, -0.1) is 0 Å². The van der Waals surface area contributed by atoms with Crippen LogP contribution in [0.25, 0.3) is 0 Å². The fourth-order valence-electron chi connectivity index (χ4n) is 2.99. The number of hydrogen-bond acceptors (Lipinski definition) is 4. The minimum Gasteiger partial charge on any atom is -0.481 e. The SMILES string of the molecule is CCc1ccc(C(=O)C(CC(=O)O)CN2CCCNCC2)cc1. The van der Waals surface area contributed by atoms with Gasteiger partial charge in [0.2, 0.25) is 0 Å². The maximum absolute atomic E-state index is 12.7. The third-order valence-electron chi connectivity index (χ3n) is 4.35. The molecule has 0 radical (unpaired) electrons. The quantitative estimate of drug-likeness (QED) is 0.751. The van der Waals surface area contributed by atoms with Gasteiger partial charge in [0, 0.05) is 31.1 Å². The number of nitrogens with zero attached hydrogens (tertiary/aromatic N) is 1. The molecule has 1 aromatic carbocycles. The lowest BCUT2D eigenvalue weighted by atomic mass is 9.93. The zero-order valence-electron chi connectivity index (χ0n) is 13.8. The van der Waals surface area contributed by atoms with E-state index in [1.54, 1.807) is 0 Å². The molecule has 1 saturated heterocycles. The van der Waals surface area contributed by atoms with Crippen LogP contribution in [0.4, 0.5) is 0 Å². The molecule has 1 atom stereocenters. The fourth-order valence-corrected chi connectivity index (χ4v) is 2.99. The topological polar surface area (TPSA) is 69.6 Å². The number of carbonyl (C=O) groups is 2. The van der Waals surface area contributed by atoms with Crippen molar-refractivity contribution in [3.63, 3.8) is 0 Å². The molecule has 0 bridgehead atoms. The van der Waals surface area contributed by atoms with Gasteiger partial charge >= 0.3 is 5.97 Å². The Morgan fingerprint density at radius 1 is 1.22 bits per heavy atom. The van der Waals surface area contributed by atoms with Gasteiger partial charge in [0.25, 0.3) is 0 Å². The number of ketones is 1. The normalized spacial score (nSPS) is 17.4. The van der Waals surface area contributed by atoms with Crippen LogP contribution in [0.2, 0.25) is 0 Å². The maximum Gasteiger partial charge on any atom is 0.304 e. The molecule has 0 aliphatic carbocycles. The van der Waals surface area contributed by atoms with E-state index in [0.29, 0.717) is 12.1 Å². The van der Waals surface area contributed by atoms with Gasteiger partial charge < -0.3 is 15.3 Å². The molecule has 5 nitrogen and oxygen atoms in total. The number of aryl methyl sites for hydroxylation is 1. The summed E-state index contributed by atoms with van der Waals surface area (Å²) < 4.78 is 0. The summed E-state index contributed by atoms with van der Waals surface area (Å²) in [5.74, 6) is -1.47. The Morgan fingerprint density at radius 3 is 2.61 bits per heavy atom. The van der Waals surface area contributed by atoms with Crippen LogP contribution >= 0.6 is 0 Å². The summed E-state index contributed by atoms with van der Waals surface area (Å²) in [6.45, 7) is 6.22. The number of rotatable bonds is 7. The minimum absolute atomic E-state index is 0.0627. The molecular weight excluding hydrogens is 292 g/mol. The number of benzene rings is 1. The molecule has 1 heterocycles. The average Bonchev–Trinajstić information content (AvgIpc) is 2.82. The summed E-state index contributed by atoms with van der Waals surface area (Å²) >= 11 is 0. The van der Waals surface area contributed by atoms with E-state index in [0.717, 1.165) is 39.0 Å². The second-order valence-electron chi connectivity index (χ2n) is 6.11. The molecular formula is C18H26N2O3. The van der Waals surface area contributed by atoms with Crippen LogP contribution in [0.3, 0.4) is 0 Å². The molecule has 126 valence electrons. The van der Waals surface area contributed by atoms with E-state index in [1.165, 1.54) is 5.56 Å². The highest BCUT2D eigenvalue weighted by Gasteiger charge is 2.25. The molecule has 1 unspecified atom stereocenters. The Hall–Kier alpha value is -1.72. The van der Waals surface area contributed by atoms with E-state index in [-0.39, 0.29) is 12.2 Å². The van der Waals surface area contributed by atoms with Gasteiger partial charge in [-0.3, -0.25) is 9.59 Å². The van der Waals surface area contributed by atoms with Crippen molar-refractivity contribution in [2.24, 2.45) is 5.92 Å². The molecule has 0 aromatic heterocycles. The van der Waals surface area contributed by atoms with Crippen LogP contribution in [0.15, 0.2) is 24.3 Å². The molecule has 2 rings (SSSR count). The zero-order valence-corrected chi connectivity index (χ0v) is 13.8. The first-order chi connectivity index (χ1) is 11.1. The van der Waals surface area contributed by atoms with Crippen LogP contribution in [0.1, 0.15) is 35.7 Å². The second kappa shape index (κ2) is 8.79. The Balaban J connectivity index is 2.08. The zero-order chi connectivity index (χ0) is 16.7. The lowest BCUT2D eigenvalue weighted by Crippen LogP contribution is -2.36. The molecule has 23 heavy (non-hydrogen) atoms. The molecule has 0 saturated carbocycles. The standard InChI is InChI=1S/C18H26N2O3/c1-2-14-4-6-15(7-5-14)18(23)16(12-17(21)22)13-20-10-3-8-19-9-11-20/h4-7,16,19H,2-3,8-13H2,1H3,(H,21,22). The monoisotopic (exact) mass is 318 g/mol. The van der Waals surface area contributed by atoms with Gasteiger partial charge in [0.1, 0.15) is 0 Å². The van der Waals surface area contributed by atoms with Gasteiger partial charge in [-0.05, 0) is 31.5 Å². The lowest BCUT2D eigenvalue weighted by molar-refractivity contribution is -0.137. The minimum atomic E-state index is -0.915. The van der Waals surface area contributed by atoms with Gasteiger partial charge in [0.05, 0.1) is 6.42 Å². The van der Waals surface area contributed by atoms with E-state index >= 15 is 0 Å². The largest absolute Gasteiger partial charge is 0.481 e. The molecule has 1 aliphatic heterocycles. The van der Waals surface area contributed by atoms with Crippen molar-refractivity contribution in [3.8, 4) is 0 Å². The third kappa shape index (κ3) is 5.44. The number of carboxylic acids is 1. The Kier molecular flexibility index (Phi) is 6.74. The highest BCUT2D eigenvalue weighted by atomic mass is 16.4. The van der Waals surface area contributed by atoms with Crippen molar-refractivity contribution >= 4 is 11.8 Å². The fraction of sp³-hybridized carbons (Fsp3) is 0.556. The van der Waals surface area contributed by atoms with Crippen LogP contribution in [0, 0.1) is 5.92 Å². The number of hydrogen-bond donors (Lipinski definition) is 2. The first-order valence-corrected chi connectivity index (χ1v) is 8.38. The number of Topliss-reactive ketones (excluding diaryl/α,β-unsaturated/α-hetero) is 1. The van der Waals surface area contributed by atoms with Crippen molar-refractivity contribution in [3.05, 3.63) is 35.4 Å². The predicted octanol–water partition coefficient (Wildman–Crippen LogP) is 1.82. The van der Waals surface area contributed by atoms with Crippen LogP contribution < -0.4 is 5.32 Å². The van der Waals surface area contributed by atoms with E-state index in [4.69, 9.17) is 5.11 Å². The van der Waals surface area contributed by atoms with Gasteiger partial charge in [-0.1, -0.05) is 31.2 Å². The van der Waals surface area contributed by atoms with E-state index in [2.05, 4.69) is 17.1 Å². The highest BCUT2D eigenvalue weighted by molar-refractivity contribution is 5.99. The number of nitrogens with one attached hydrogen (secondary N) is 1. The lowest BCUT2D eigenvalue weighted by Gasteiger charge is -2.24. The smallest absolute Gasteiger partial charge is 0.304 e. The summed E-state index contributed by atoms with van der Waals surface area (Å²) in [7, 11) is 0. The Bertz CT molecular complexity index is 520.